The Kier molecular flexibility index (Phi) is 8.34. The van der Waals surface area contributed by atoms with Gasteiger partial charge in [0.25, 0.3) is 0 Å². The molecular weight excluding hydrogens is 542 g/mol. The molecule has 0 bridgehead atoms. The van der Waals surface area contributed by atoms with Gasteiger partial charge in [0.2, 0.25) is 0 Å². The molecule has 0 unspecified atom stereocenters. The van der Waals surface area contributed by atoms with Crippen LogP contribution in [0.2, 0.25) is 20.1 Å². The molecule has 4 aromatic carbocycles. The molecule has 0 N–H and O–H groups in total. The maximum Gasteiger partial charge on any atom is 0.345 e. The van der Waals surface area contributed by atoms with E-state index in [1.165, 1.54) is 12.1 Å². The second kappa shape index (κ2) is 11.6. The zero-order valence-corrected chi connectivity index (χ0v) is 21.4. The van der Waals surface area contributed by atoms with Crippen molar-refractivity contribution in [3.63, 3.8) is 0 Å². The van der Waals surface area contributed by atoms with Gasteiger partial charge in [0.05, 0.1) is 31.2 Å². The van der Waals surface area contributed by atoms with Gasteiger partial charge in [-0.15, -0.1) is 0 Å². The van der Waals surface area contributed by atoms with Crippen LogP contribution >= 0.6 is 46.4 Å². The summed E-state index contributed by atoms with van der Waals surface area (Å²) in [7, 11) is 0. The van der Waals surface area contributed by atoms with Crippen LogP contribution in [0, 0.1) is 0 Å². The number of carbonyl (C=O) groups excluding carboxylic acids is 2. The molecule has 0 aromatic heterocycles. The second-order valence-electron chi connectivity index (χ2n) is 7.36. The summed E-state index contributed by atoms with van der Waals surface area (Å²) in [5.41, 5.74) is 0.808. The Morgan fingerprint density at radius 3 is 0.944 bits per heavy atom. The fourth-order valence-corrected chi connectivity index (χ4v) is 4.16. The zero-order valence-electron chi connectivity index (χ0n) is 18.4. The van der Waals surface area contributed by atoms with Crippen LogP contribution in [0.1, 0.15) is 31.8 Å². The van der Waals surface area contributed by atoms with Gasteiger partial charge < -0.3 is 9.47 Å². The first-order valence-corrected chi connectivity index (χ1v) is 12.1. The molecule has 0 saturated heterocycles. The maximum atomic E-state index is 13.2. The summed E-state index contributed by atoms with van der Waals surface area (Å²) in [6, 6.07) is 26.1. The molecule has 0 spiro atoms. The lowest BCUT2D eigenvalue weighted by molar-refractivity contribution is 0.0647. The van der Waals surface area contributed by atoms with E-state index in [0.29, 0.717) is 11.1 Å². The highest BCUT2D eigenvalue weighted by molar-refractivity contribution is 6.35. The number of esters is 2. The van der Waals surface area contributed by atoms with Crippen LogP contribution in [0.25, 0.3) is 11.5 Å². The normalized spacial score (nSPS) is 11.4. The molecule has 180 valence electrons. The van der Waals surface area contributed by atoms with Crippen molar-refractivity contribution in [1.82, 2.24) is 0 Å². The predicted octanol–water partition coefficient (Wildman–Crippen LogP) is 8.84. The quantitative estimate of drug-likeness (QED) is 0.135. The third-order valence-electron chi connectivity index (χ3n) is 5.02. The van der Waals surface area contributed by atoms with Crippen LogP contribution < -0.4 is 0 Å². The zero-order chi connectivity index (χ0) is 25.7. The highest BCUT2D eigenvalue weighted by atomic mass is 35.5. The maximum absolute atomic E-state index is 13.2. The molecule has 4 rings (SSSR count). The number of halogens is 4. The minimum Gasteiger partial charge on any atom is -0.418 e. The summed E-state index contributed by atoms with van der Waals surface area (Å²) < 4.78 is 11.7. The van der Waals surface area contributed by atoms with Crippen molar-refractivity contribution >= 4 is 69.9 Å². The molecule has 0 amide bonds. The first-order valence-electron chi connectivity index (χ1n) is 10.5. The number of carbonyl (C=O) groups is 2. The minimum atomic E-state index is -0.783. The molecule has 0 fully saturated rings. The molecule has 0 heterocycles. The van der Waals surface area contributed by atoms with Gasteiger partial charge in [-0.25, -0.2) is 9.59 Å². The smallest absolute Gasteiger partial charge is 0.345 e. The van der Waals surface area contributed by atoms with Crippen molar-refractivity contribution in [1.29, 1.82) is 0 Å². The largest absolute Gasteiger partial charge is 0.418 e. The summed E-state index contributed by atoms with van der Waals surface area (Å²) >= 11 is 25.4. The Morgan fingerprint density at radius 1 is 0.417 bits per heavy atom. The van der Waals surface area contributed by atoms with Gasteiger partial charge in [0.1, 0.15) is 0 Å². The Labute approximate surface area is 227 Å². The molecule has 0 saturated carbocycles. The minimum absolute atomic E-state index is 0.111. The molecule has 0 aliphatic carbocycles. The fraction of sp³-hybridized carbons (Fsp3) is 0. The van der Waals surface area contributed by atoms with Crippen molar-refractivity contribution < 1.29 is 19.1 Å². The van der Waals surface area contributed by atoms with Crippen molar-refractivity contribution in [3.05, 3.63) is 139 Å². The molecule has 0 radical (unpaired) electrons. The number of hydrogen-bond acceptors (Lipinski definition) is 4. The average Bonchev–Trinajstić information content (AvgIpc) is 2.87. The number of rotatable bonds is 6. The Hall–Kier alpha value is -3.28. The summed E-state index contributed by atoms with van der Waals surface area (Å²) in [6.07, 6.45) is 0. The van der Waals surface area contributed by atoms with Crippen LogP contribution in [0.15, 0.2) is 97.1 Å². The van der Waals surface area contributed by atoms with Crippen LogP contribution in [-0.2, 0) is 9.47 Å². The number of hydrogen-bond donors (Lipinski definition) is 0. The topological polar surface area (TPSA) is 52.6 Å². The van der Waals surface area contributed by atoms with Crippen molar-refractivity contribution in [2.24, 2.45) is 0 Å². The standard InChI is InChI=1S/C28H16Cl4O4/c29-21-13-5-1-9-17(21)25(35-27(33)19-11-3-7-15-23(19)31)26(18-10-2-6-14-22(18)30)36-28(34)20-12-4-8-16-24(20)32/h1-16H/b26-25-. The number of ether oxygens (including phenoxy) is 2. The van der Waals surface area contributed by atoms with Gasteiger partial charge >= 0.3 is 11.9 Å². The number of benzene rings is 4. The summed E-state index contributed by atoms with van der Waals surface area (Å²) in [5.74, 6) is -1.82. The first kappa shape index (κ1) is 25.8. The summed E-state index contributed by atoms with van der Waals surface area (Å²) in [5, 5.41) is 0.873. The van der Waals surface area contributed by atoms with E-state index in [1.54, 1.807) is 84.9 Å². The lowest BCUT2D eigenvalue weighted by Gasteiger charge is -2.18. The lowest BCUT2D eigenvalue weighted by atomic mass is 10.1. The Balaban J connectivity index is 1.94. The van der Waals surface area contributed by atoms with Gasteiger partial charge in [0, 0.05) is 11.1 Å². The molecule has 0 aliphatic rings. The molecule has 4 nitrogen and oxygen atoms in total. The second-order valence-corrected chi connectivity index (χ2v) is 8.99. The molecule has 8 heteroatoms. The monoisotopic (exact) mass is 556 g/mol. The Bertz CT molecular complexity index is 1370. The molecule has 36 heavy (non-hydrogen) atoms. The van der Waals surface area contributed by atoms with Crippen LogP contribution in [-0.4, -0.2) is 11.9 Å². The Morgan fingerprint density at radius 2 is 0.667 bits per heavy atom. The molecule has 0 aliphatic heterocycles. The van der Waals surface area contributed by atoms with E-state index in [0.717, 1.165) is 0 Å². The van der Waals surface area contributed by atoms with Crippen molar-refractivity contribution in [2.45, 2.75) is 0 Å². The molecule has 4 aromatic rings. The lowest BCUT2D eigenvalue weighted by Crippen LogP contribution is -2.12. The van der Waals surface area contributed by atoms with E-state index in [9.17, 15) is 9.59 Å². The summed E-state index contributed by atoms with van der Waals surface area (Å²) in [6.45, 7) is 0. The van der Waals surface area contributed by atoms with Gasteiger partial charge in [-0.2, -0.15) is 0 Å². The summed E-state index contributed by atoms with van der Waals surface area (Å²) in [4.78, 5) is 26.4. The fourth-order valence-electron chi connectivity index (χ4n) is 3.29. The van der Waals surface area contributed by atoms with E-state index in [1.807, 2.05) is 0 Å². The average molecular weight is 558 g/mol. The van der Waals surface area contributed by atoms with Crippen molar-refractivity contribution in [3.8, 4) is 0 Å². The van der Waals surface area contributed by atoms with E-state index in [-0.39, 0.29) is 42.7 Å². The van der Waals surface area contributed by atoms with E-state index >= 15 is 0 Å². The van der Waals surface area contributed by atoms with Gasteiger partial charge in [0.15, 0.2) is 11.5 Å². The van der Waals surface area contributed by atoms with E-state index in [2.05, 4.69) is 0 Å². The van der Waals surface area contributed by atoms with Crippen molar-refractivity contribution in [2.75, 3.05) is 0 Å². The molecular formula is C28H16Cl4O4. The van der Waals surface area contributed by atoms with E-state index in [4.69, 9.17) is 55.9 Å². The third-order valence-corrected chi connectivity index (χ3v) is 6.34. The highest BCUT2D eigenvalue weighted by Gasteiger charge is 2.26. The van der Waals surface area contributed by atoms with Crippen LogP contribution in [0.3, 0.4) is 0 Å². The highest BCUT2D eigenvalue weighted by Crippen LogP contribution is 2.37. The van der Waals surface area contributed by atoms with Crippen LogP contribution in [0.4, 0.5) is 0 Å². The predicted molar refractivity (Wildman–Crippen MR) is 143 cm³/mol. The van der Waals surface area contributed by atoms with E-state index < -0.39 is 11.9 Å². The van der Waals surface area contributed by atoms with Gasteiger partial charge in [-0.1, -0.05) is 94.9 Å². The first-order chi connectivity index (χ1) is 17.4. The van der Waals surface area contributed by atoms with Gasteiger partial charge in [-0.05, 0) is 48.5 Å². The SMILES string of the molecule is O=C(O/C(=C(\OC(=O)c1ccccc1Cl)c1ccccc1Cl)c1ccccc1Cl)c1ccccc1Cl. The molecule has 0 atom stereocenters. The van der Waals surface area contributed by atoms with Crippen LogP contribution in [0.5, 0.6) is 0 Å². The van der Waals surface area contributed by atoms with Gasteiger partial charge in [-0.3, -0.25) is 0 Å². The third kappa shape index (κ3) is 5.75.